The number of β-amino-alcohol motifs (C(OH)–C–C–N with tert-alkyl or cyclic N) is 1. The number of aryl methyl sites for hydroxylation is 2. The van der Waals surface area contributed by atoms with Crippen molar-refractivity contribution in [3.05, 3.63) is 28.8 Å². The third-order valence-corrected chi connectivity index (χ3v) is 4.61. The number of likely N-dealkylation sites (tertiary alicyclic amines) is 1. The molecule has 1 fully saturated rings. The lowest BCUT2D eigenvalue weighted by Crippen LogP contribution is -2.44. The van der Waals surface area contributed by atoms with Gasteiger partial charge in [0.05, 0.1) is 0 Å². The molecule has 22 heavy (non-hydrogen) atoms. The fourth-order valence-corrected chi connectivity index (χ4v) is 3.63. The summed E-state index contributed by atoms with van der Waals surface area (Å²) in [5, 5.41) is 10.3. The number of hydrogen-bond acceptors (Lipinski definition) is 3. The van der Waals surface area contributed by atoms with Crippen molar-refractivity contribution in [3.8, 4) is 5.75 Å². The van der Waals surface area contributed by atoms with Gasteiger partial charge in [0.15, 0.2) is 0 Å². The van der Waals surface area contributed by atoms with Crippen LogP contribution in [0.1, 0.15) is 37.0 Å². The van der Waals surface area contributed by atoms with Gasteiger partial charge in [0.1, 0.15) is 18.5 Å². The minimum Gasteiger partial charge on any atom is -0.491 e. The fraction of sp³-hybridized carbons (Fsp3) is 0.684. The summed E-state index contributed by atoms with van der Waals surface area (Å²) >= 11 is 0. The van der Waals surface area contributed by atoms with Gasteiger partial charge < -0.3 is 14.7 Å². The highest BCUT2D eigenvalue weighted by Crippen LogP contribution is 2.24. The largest absolute Gasteiger partial charge is 0.491 e. The van der Waals surface area contributed by atoms with E-state index in [0.29, 0.717) is 13.2 Å². The second-order valence-corrected chi connectivity index (χ2v) is 7.33. The highest BCUT2D eigenvalue weighted by atomic mass is 16.5. The van der Waals surface area contributed by atoms with Gasteiger partial charge in [-0.2, -0.15) is 0 Å². The van der Waals surface area contributed by atoms with E-state index < -0.39 is 6.10 Å². The number of piperidine rings is 1. The predicted molar refractivity (Wildman–Crippen MR) is 91.5 cm³/mol. The molecule has 0 unspecified atom stereocenters. The number of benzene rings is 1. The van der Waals surface area contributed by atoms with Gasteiger partial charge >= 0.3 is 0 Å². The molecule has 1 aromatic carbocycles. The van der Waals surface area contributed by atoms with E-state index in [4.69, 9.17) is 4.74 Å². The summed E-state index contributed by atoms with van der Waals surface area (Å²) in [6.45, 7) is 14.1. The number of rotatable bonds is 5. The highest BCUT2D eigenvalue weighted by molar-refractivity contribution is 5.41. The number of ether oxygens (including phenoxy) is 1. The second-order valence-electron chi connectivity index (χ2n) is 7.33. The van der Waals surface area contributed by atoms with E-state index in [1.54, 1.807) is 0 Å². The summed E-state index contributed by atoms with van der Waals surface area (Å²) in [6.07, 6.45) is 0.864. The zero-order valence-corrected chi connectivity index (χ0v) is 14.7. The first-order valence-electron chi connectivity index (χ1n) is 8.46. The van der Waals surface area contributed by atoms with Crippen LogP contribution in [0.15, 0.2) is 12.1 Å². The molecule has 0 amide bonds. The number of aliphatic hydroxyl groups excluding tert-OH is 1. The summed E-state index contributed by atoms with van der Waals surface area (Å²) < 4.78 is 5.88. The van der Waals surface area contributed by atoms with Crippen molar-refractivity contribution >= 4 is 0 Å². The van der Waals surface area contributed by atoms with Crippen LogP contribution in [-0.4, -0.2) is 42.4 Å². The lowest BCUT2D eigenvalue weighted by Gasteiger charge is -2.36. The third-order valence-electron chi connectivity index (χ3n) is 4.61. The molecule has 0 aliphatic carbocycles. The third kappa shape index (κ3) is 4.72. The van der Waals surface area contributed by atoms with Gasteiger partial charge in [0.2, 0.25) is 0 Å². The van der Waals surface area contributed by atoms with Crippen molar-refractivity contribution in [2.75, 3.05) is 26.2 Å². The van der Waals surface area contributed by atoms with Crippen molar-refractivity contribution < 1.29 is 9.84 Å². The molecule has 3 heteroatoms. The van der Waals surface area contributed by atoms with Crippen LogP contribution < -0.4 is 4.74 Å². The maximum absolute atomic E-state index is 10.3. The zero-order valence-electron chi connectivity index (χ0n) is 14.7. The Kier molecular flexibility index (Phi) is 5.87. The van der Waals surface area contributed by atoms with E-state index >= 15 is 0 Å². The lowest BCUT2D eigenvalue weighted by atomic mass is 9.92. The van der Waals surface area contributed by atoms with Gasteiger partial charge in [-0.1, -0.05) is 19.9 Å². The maximum atomic E-state index is 10.3. The van der Waals surface area contributed by atoms with Crippen molar-refractivity contribution in [1.82, 2.24) is 4.90 Å². The Balaban J connectivity index is 1.86. The minimum absolute atomic E-state index is 0.364. The molecule has 1 N–H and O–H groups in total. The molecule has 1 aliphatic rings. The van der Waals surface area contributed by atoms with Crippen LogP contribution in [0, 0.1) is 32.6 Å². The van der Waals surface area contributed by atoms with Crippen molar-refractivity contribution in [3.63, 3.8) is 0 Å². The molecule has 124 valence electrons. The van der Waals surface area contributed by atoms with Gasteiger partial charge in [-0.25, -0.2) is 0 Å². The Morgan fingerprint density at radius 3 is 2.45 bits per heavy atom. The van der Waals surface area contributed by atoms with Crippen molar-refractivity contribution in [2.24, 2.45) is 11.8 Å². The zero-order chi connectivity index (χ0) is 16.3. The number of aliphatic hydroxyl groups is 1. The van der Waals surface area contributed by atoms with Crippen LogP contribution in [0.3, 0.4) is 0 Å². The molecule has 1 aliphatic heterocycles. The van der Waals surface area contributed by atoms with Gasteiger partial charge in [0.25, 0.3) is 0 Å². The average molecular weight is 305 g/mol. The highest BCUT2D eigenvalue weighted by Gasteiger charge is 2.23. The van der Waals surface area contributed by atoms with Gasteiger partial charge in [0, 0.05) is 19.6 Å². The molecule has 0 saturated carbocycles. The molecule has 1 aromatic rings. The molecular formula is C19H31NO2. The first-order valence-corrected chi connectivity index (χ1v) is 8.46. The molecule has 2 rings (SSSR count). The quantitative estimate of drug-likeness (QED) is 0.906. The van der Waals surface area contributed by atoms with Crippen LogP contribution in [0.25, 0.3) is 0 Å². The Morgan fingerprint density at radius 2 is 1.82 bits per heavy atom. The average Bonchev–Trinajstić information content (AvgIpc) is 2.40. The van der Waals surface area contributed by atoms with E-state index in [1.165, 1.54) is 17.5 Å². The molecule has 1 heterocycles. The topological polar surface area (TPSA) is 32.7 Å². The first-order chi connectivity index (χ1) is 10.3. The van der Waals surface area contributed by atoms with Crippen LogP contribution in [-0.2, 0) is 0 Å². The Bertz CT molecular complexity index is 490. The SMILES string of the molecule is Cc1cc(C)c(C)c(OC[C@@H](O)CN2C[C@@H](C)C[C@H](C)C2)c1. The molecule has 0 bridgehead atoms. The molecular weight excluding hydrogens is 274 g/mol. The molecule has 3 nitrogen and oxygen atoms in total. The van der Waals surface area contributed by atoms with E-state index in [0.717, 1.165) is 36.2 Å². The van der Waals surface area contributed by atoms with Crippen LogP contribution in [0.2, 0.25) is 0 Å². The Labute approximate surface area is 135 Å². The summed E-state index contributed by atoms with van der Waals surface area (Å²) in [7, 11) is 0. The molecule has 3 atom stereocenters. The maximum Gasteiger partial charge on any atom is 0.122 e. The smallest absolute Gasteiger partial charge is 0.122 e. The summed E-state index contributed by atoms with van der Waals surface area (Å²) in [5.41, 5.74) is 3.60. The summed E-state index contributed by atoms with van der Waals surface area (Å²) in [5.74, 6) is 2.34. The van der Waals surface area contributed by atoms with Gasteiger partial charge in [-0.05, 0) is 61.8 Å². The Hall–Kier alpha value is -1.06. The van der Waals surface area contributed by atoms with E-state index in [9.17, 15) is 5.11 Å². The van der Waals surface area contributed by atoms with E-state index in [1.807, 2.05) is 0 Å². The normalized spacial score (nSPS) is 24.3. The second kappa shape index (κ2) is 7.47. The van der Waals surface area contributed by atoms with Crippen LogP contribution in [0.5, 0.6) is 5.75 Å². The molecule has 0 spiro atoms. The minimum atomic E-state index is -0.433. The standard InChI is InChI=1S/C19H31NO2/c1-13-7-16(4)17(5)19(8-13)22-12-18(21)11-20-9-14(2)6-15(3)10-20/h7-8,14-15,18,21H,6,9-12H2,1-5H3/t14-,15-,18-/m0/s1. The lowest BCUT2D eigenvalue weighted by molar-refractivity contribution is 0.0427. The molecule has 0 radical (unpaired) electrons. The number of nitrogens with zero attached hydrogens (tertiary/aromatic N) is 1. The molecule has 1 saturated heterocycles. The molecule has 0 aromatic heterocycles. The number of hydrogen-bond donors (Lipinski definition) is 1. The van der Waals surface area contributed by atoms with Crippen LogP contribution in [0.4, 0.5) is 0 Å². The van der Waals surface area contributed by atoms with Crippen LogP contribution >= 0.6 is 0 Å². The van der Waals surface area contributed by atoms with E-state index in [-0.39, 0.29) is 0 Å². The van der Waals surface area contributed by atoms with Crippen molar-refractivity contribution in [2.45, 2.75) is 47.1 Å². The van der Waals surface area contributed by atoms with Gasteiger partial charge in [-0.15, -0.1) is 0 Å². The van der Waals surface area contributed by atoms with E-state index in [2.05, 4.69) is 51.7 Å². The monoisotopic (exact) mass is 305 g/mol. The van der Waals surface area contributed by atoms with Gasteiger partial charge in [-0.3, -0.25) is 0 Å². The Morgan fingerprint density at radius 1 is 1.18 bits per heavy atom. The first kappa shape index (κ1) is 17.3. The fourth-order valence-electron chi connectivity index (χ4n) is 3.63. The summed E-state index contributed by atoms with van der Waals surface area (Å²) in [6, 6.07) is 4.22. The predicted octanol–water partition coefficient (Wildman–Crippen LogP) is 3.33. The van der Waals surface area contributed by atoms with Crippen molar-refractivity contribution in [1.29, 1.82) is 0 Å². The summed E-state index contributed by atoms with van der Waals surface area (Å²) in [4.78, 5) is 2.38.